The summed E-state index contributed by atoms with van der Waals surface area (Å²) in [5.74, 6) is -0.832. The van der Waals surface area contributed by atoms with E-state index in [4.69, 9.17) is 5.73 Å². The van der Waals surface area contributed by atoms with Crippen LogP contribution in [0.2, 0.25) is 0 Å². The van der Waals surface area contributed by atoms with Crippen molar-refractivity contribution >= 4 is 28.6 Å². The van der Waals surface area contributed by atoms with Crippen molar-refractivity contribution in [1.82, 2.24) is 25.0 Å². The summed E-state index contributed by atoms with van der Waals surface area (Å²) >= 11 is 0. The summed E-state index contributed by atoms with van der Waals surface area (Å²) < 4.78 is 79.5. The third kappa shape index (κ3) is 5.23. The van der Waals surface area contributed by atoms with Gasteiger partial charge in [-0.2, -0.15) is 31.4 Å². The second-order valence-corrected chi connectivity index (χ2v) is 8.43. The van der Waals surface area contributed by atoms with Crippen LogP contribution in [-0.4, -0.2) is 30.9 Å². The molecule has 0 bridgehead atoms. The number of nitrogens with zero attached hydrogens (tertiary/aromatic N) is 4. The molecule has 0 saturated heterocycles. The summed E-state index contributed by atoms with van der Waals surface area (Å²) in [6.45, 7) is 0. The topological polar surface area (TPSA) is 102 Å². The number of fused-ring (bicyclic) bond motifs is 1. The Morgan fingerprint density at radius 3 is 2.00 bits per heavy atom. The number of carbonyl (C=O) groups is 1. The van der Waals surface area contributed by atoms with Crippen molar-refractivity contribution in [2.24, 2.45) is 5.73 Å². The minimum Gasteiger partial charge on any atom is -0.366 e. The molecular formula is C26H16F6N6O. The van der Waals surface area contributed by atoms with Gasteiger partial charge in [0, 0.05) is 22.7 Å². The van der Waals surface area contributed by atoms with Crippen LogP contribution in [0.4, 0.5) is 26.3 Å². The highest BCUT2D eigenvalue weighted by Crippen LogP contribution is 2.33. The summed E-state index contributed by atoms with van der Waals surface area (Å²) in [6.07, 6.45) is -6.27. The highest BCUT2D eigenvalue weighted by Gasteiger charge is 2.31. The van der Waals surface area contributed by atoms with Gasteiger partial charge in [0.05, 0.1) is 28.4 Å². The van der Waals surface area contributed by atoms with Gasteiger partial charge in [-0.15, -0.1) is 5.10 Å². The van der Waals surface area contributed by atoms with Gasteiger partial charge < -0.3 is 5.73 Å². The van der Waals surface area contributed by atoms with E-state index >= 15 is 0 Å². The molecule has 198 valence electrons. The Morgan fingerprint density at radius 1 is 0.846 bits per heavy atom. The third-order valence-electron chi connectivity index (χ3n) is 5.84. The highest BCUT2D eigenvalue weighted by molar-refractivity contribution is 6.22. The van der Waals surface area contributed by atoms with Crippen molar-refractivity contribution in [1.29, 1.82) is 0 Å². The SMILES string of the molecule is NC(=O)/C(=C/n1nc(-c2ccc(C(F)(F)F)cc2)nc1-c1ccc(C(F)(F)F)cc1)c1ccc2cn[nH]c2c1. The van der Waals surface area contributed by atoms with E-state index in [1.165, 1.54) is 30.5 Å². The lowest BCUT2D eigenvalue weighted by atomic mass is 10.0. The van der Waals surface area contributed by atoms with Gasteiger partial charge in [0.1, 0.15) is 0 Å². The second kappa shape index (κ2) is 9.42. The molecule has 3 N–H and O–H groups in total. The quantitative estimate of drug-likeness (QED) is 0.210. The Bertz CT molecular complexity index is 1700. The number of nitrogens with one attached hydrogen (secondary N) is 1. The molecule has 5 rings (SSSR count). The van der Waals surface area contributed by atoms with Crippen molar-refractivity contribution < 1.29 is 31.1 Å². The van der Waals surface area contributed by atoms with E-state index in [1.54, 1.807) is 24.4 Å². The fourth-order valence-electron chi connectivity index (χ4n) is 3.86. The number of H-pyrrole nitrogens is 1. The number of aromatic amines is 1. The van der Waals surface area contributed by atoms with E-state index in [-0.39, 0.29) is 28.3 Å². The van der Waals surface area contributed by atoms with Crippen molar-refractivity contribution in [3.63, 3.8) is 0 Å². The van der Waals surface area contributed by atoms with E-state index in [0.29, 0.717) is 11.1 Å². The van der Waals surface area contributed by atoms with Crippen LogP contribution in [-0.2, 0) is 17.1 Å². The molecule has 0 aliphatic heterocycles. The van der Waals surface area contributed by atoms with Crippen LogP contribution < -0.4 is 5.73 Å². The predicted molar refractivity (Wildman–Crippen MR) is 130 cm³/mol. The average Bonchev–Trinajstić information content (AvgIpc) is 3.53. The van der Waals surface area contributed by atoms with Crippen LogP contribution in [0.25, 0.3) is 45.5 Å². The molecule has 0 aliphatic carbocycles. The largest absolute Gasteiger partial charge is 0.416 e. The van der Waals surface area contributed by atoms with Crippen molar-refractivity contribution in [3.05, 3.63) is 89.6 Å². The zero-order valence-corrected chi connectivity index (χ0v) is 19.5. The molecule has 0 atom stereocenters. The smallest absolute Gasteiger partial charge is 0.366 e. The van der Waals surface area contributed by atoms with Gasteiger partial charge in [0.15, 0.2) is 11.6 Å². The number of amides is 1. The standard InChI is InChI=1S/C26H16F6N6O/c27-25(28,29)18-7-3-14(4-8-18)23-35-24(15-5-9-19(10-6-15)26(30,31)32)38(37-23)13-20(22(33)39)16-1-2-17-12-34-36-21(17)11-16/h1-13H,(H2,33,39)(H,34,36)/b20-13+. The van der Waals surface area contributed by atoms with Gasteiger partial charge in [-0.05, 0) is 35.9 Å². The van der Waals surface area contributed by atoms with Crippen molar-refractivity contribution in [3.8, 4) is 22.8 Å². The maximum Gasteiger partial charge on any atom is 0.416 e. The Balaban J connectivity index is 1.65. The van der Waals surface area contributed by atoms with Crippen LogP contribution in [0.5, 0.6) is 0 Å². The average molecular weight is 542 g/mol. The van der Waals surface area contributed by atoms with Gasteiger partial charge in [0.25, 0.3) is 5.91 Å². The molecule has 0 saturated carbocycles. The lowest BCUT2D eigenvalue weighted by Gasteiger charge is -2.08. The minimum absolute atomic E-state index is 0.0106. The van der Waals surface area contributed by atoms with Crippen LogP contribution >= 0.6 is 0 Å². The van der Waals surface area contributed by atoms with E-state index < -0.39 is 29.4 Å². The van der Waals surface area contributed by atoms with E-state index in [2.05, 4.69) is 20.3 Å². The lowest BCUT2D eigenvalue weighted by Crippen LogP contribution is -2.14. The van der Waals surface area contributed by atoms with E-state index in [0.717, 1.165) is 34.3 Å². The number of benzene rings is 3. The number of nitrogens with two attached hydrogens (primary N) is 1. The monoisotopic (exact) mass is 542 g/mol. The first kappa shape index (κ1) is 25.7. The Hall–Kier alpha value is -4.94. The summed E-state index contributed by atoms with van der Waals surface area (Å²) in [5, 5.41) is 11.8. The number of hydrogen-bond donors (Lipinski definition) is 2. The Labute approximate surface area is 215 Å². The van der Waals surface area contributed by atoms with Crippen LogP contribution in [0.15, 0.2) is 72.9 Å². The molecule has 0 fully saturated rings. The van der Waals surface area contributed by atoms with Crippen molar-refractivity contribution in [2.75, 3.05) is 0 Å². The molecule has 0 radical (unpaired) electrons. The minimum atomic E-state index is -4.57. The number of primary amides is 1. The molecule has 7 nitrogen and oxygen atoms in total. The van der Waals surface area contributed by atoms with Crippen molar-refractivity contribution in [2.45, 2.75) is 12.4 Å². The van der Waals surface area contributed by atoms with E-state index in [1.807, 2.05) is 0 Å². The first-order valence-electron chi connectivity index (χ1n) is 11.2. The number of halogens is 6. The summed E-state index contributed by atoms with van der Waals surface area (Å²) in [7, 11) is 0. The second-order valence-electron chi connectivity index (χ2n) is 8.43. The molecule has 1 amide bonds. The van der Waals surface area contributed by atoms with Crippen LogP contribution in [0, 0.1) is 0 Å². The molecular weight excluding hydrogens is 526 g/mol. The lowest BCUT2D eigenvalue weighted by molar-refractivity contribution is -0.138. The molecule has 13 heteroatoms. The van der Waals surface area contributed by atoms with Gasteiger partial charge in [-0.3, -0.25) is 9.89 Å². The molecule has 5 aromatic rings. The van der Waals surface area contributed by atoms with Gasteiger partial charge in [-0.25, -0.2) is 9.67 Å². The normalized spacial score (nSPS) is 12.7. The zero-order chi connectivity index (χ0) is 27.9. The van der Waals surface area contributed by atoms with Gasteiger partial charge in [-0.1, -0.05) is 36.4 Å². The molecule has 39 heavy (non-hydrogen) atoms. The highest BCUT2D eigenvalue weighted by atomic mass is 19.4. The van der Waals surface area contributed by atoms with Crippen LogP contribution in [0.1, 0.15) is 16.7 Å². The maximum atomic E-state index is 13.1. The molecule has 3 aromatic carbocycles. The fraction of sp³-hybridized carbons (Fsp3) is 0.0769. The fourth-order valence-corrected chi connectivity index (χ4v) is 3.86. The number of alkyl halides is 6. The Morgan fingerprint density at radius 2 is 1.44 bits per heavy atom. The number of aromatic nitrogens is 5. The van der Waals surface area contributed by atoms with Gasteiger partial charge >= 0.3 is 12.4 Å². The summed E-state index contributed by atoms with van der Waals surface area (Å²) in [6, 6.07) is 13.1. The maximum absolute atomic E-state index is 13.1. The molecule has 0 unspecified atom stereocenters. The zero-order valence-electron chi connectivity index (χ0n) is 19.5. The number of hydrogen-bond acceptors (Lipinski definition) is 4. The predicted octanol–water partition coefficient (Wildman–Crippen LogP) is 6.01. The Kier molecular flexibility index (Phi) is 6.21. The number of rotatable bonds is 5. The molecule has 2 aromatic heterocycles. The summed E-state index contributed by atoms with van der Waals surface area (Å²) in [5.41, 5.74) is 5.29. The van der Waals surface area contributed by atoms with Crippen LogP contribution in [0.3, 0.4) is 0 Å². The molecule has 2 heterocycles. The first-order valence-corrected chi connectivity index (χ1v) is 11.2. The van der Waals surface area contributed by atoms with E-state index in [9.17, 15) is 31.1 Å². The summed E-state index contributed by atoms with van der Waals surface area (Å²) in [4.78, 5) is 16.8. The number of carbonyl (C=O) groups excluding carboxylic acids is 1. The first-order chi connectivity index (χ1) is 18.4. The third-order valence-corrected chi connectivity index (χ3v) is 5.84. The molecule has 0 aliphatic rings. The molecule has 0 spiro atoms. The van der Waals surface area contributed by atoms with Gasteiger partial charge in [0.2, 0.25) is 0 Å².